The van der Waals surface area contributed by atoms with Gasteiger partial charge in [-0.1, -0.05) is 30.3 Å². The number of benzene rings is 1. The maximum Gasteiger partial charge on any atom is 0.270 e. The van der Waals surface area contributed by atoms with Gasteiger partial charge in [-0.05, 0) is 40.9 Å². The molecule has 0 unspecified atom stereocenters. The van der Waals surface area contributed by atoms with Crippen LogP contribution in [0.15, 0.2) is 47.1 Å². The average molecular weight is 335 g/mol. The number of rotatable bonds is 5. The van der Waals surface area contributed by atoms with Crippen LogP contribution in [-0.2, 0) is 13.5 Å². The van der Waals surface area contributed by atoms with Gasteiger partial charge in [0.15, 0.2) is 0 Å². The van der Waals surface area contributed by atoms with Crippen molar-refractivity contribution in [3.8, 4) is 0 Å². The molecular formula is C16H19BrN2O. The summed E-state index contributed by atoms with van der Waals surface area (Å²) in [6.45, 7) is 3.47. The topological polar surface area (TPSA) is 25.2 Å². The SMILES string of the molecule is CCN(CCc1ccccc1)C(=O)c1cc(Br)cn1C. The Bertz CT molecular complexity index is 577. The normalized spacial score (nSPS) is 10.6. The first-order valence-corrected chi connectivity index (χ1v) is 7.56. The van der Waals surface area contributed by atoms with Gasteiger partial charge >= 0.3 is 0 Å². The molecule has 1 heterocycles. The summed E-state index contributed by atoms with van der Waals surface area (Å²) in [5.74, 6) is 0.0802. The summed E-state index contributed by atoms with van der Waals surface area (Å²) in [7, 11) is 1.89. The highest BCUT2D eigenvalue weighted by Gasteiger charge is 2.17. The minimum atomic E-state index is 0.0802. The lowest BCUT2D eigenvalue weighted by Gasteiger charge is -2.21. The summed E-state index contributed by atoms with van der Waals surface area (Å²) < 4.78 is 2.79. The first-order valence-electron chi connectivity index (χ1n) is 6.77. The molecule has 0 radical (unpaired) electrons. The van der Waals surface area contributed by atoms with Gasteiger partial charge in [0.2, 0.25) is 0 Å². The molecule has 0 aliphatic heterocycles. The minimum absolute atomic E-state index is 0.0802. The first kappa shape index (κ1) is 14.9. The zero-order valence-electron chi connectivity index (χ0n) is 11.8. The van der Waals surface area contributed by atoms with Crippen molar-refractivity contribution in [2.24, 2.45) is 7.05 Å². The molecule has 4 heteroatoms. The number of amides is 1. The fourth-order valence-corrected chi connectivity index (χ4v) is 2.73. The zero-order valence-corrected chi connectivity index (χ0v) is 13.4. The summed E-state index contributed by atoms with van der Waals surface area (Å²) in [5, 5.41) is 0. The molecule has 1 aromatic carbocycles. The fourth-order valence-electron chi connectivity index (χ4n) is 2.21. The average Bonchev–Trinajstić information content (AvgIpc) is 2.79. The molecule has 0 N–H and O–H groups in total. The Morgan fingerprint density at radius 3 is 2.55 bits per heavy atom. The van der Waals surface area contributed by atoms with Crippen LogP contribution in [0.25, 0.3) is 0 Å². The number of halogens is 1. The Morgan fingerprint density at radius 2 is 2.00 bits per heavy atom. The van der Waals surface area contributed by atoms with E-state index in [1.54, 1.807) is 0 Å². The summed E-state index contributed by atoms with van der Waals surface area (Å²) >= 11 is 3.41. The van der Waals surface area contributed by atoms with E-state index in [1.165, 1.54) is 5.56 Å². The predicted molar refractivity (Wildman–Crippen MR) is 84.8 cm³/mol. The van der Waals surface area contributed by atoms with Crippen molar-refractivity contribution >= 4 is 21.8 Å². The van der Waals surface area contributed by atoms with Crippen LogP contribution < -0.4 is 0 Å². The second kappa shape index (κ2) is 6.75. The van der Waals surface area contributed by atoms with Gasteiger partial charge in [-0.3, -0.25) is 4.79 Å². The van der Waals surface area contributed by atoms with E-state index < -0.39 is 0 Å². The molecule has 0 fully saturated rings. The predicted octanol–water partition coefficient (Wildman–Crippen LogP) is 3.49. The van der Waals surface area contributed by atoms with Gasteiger partial charge in [0, 0.05) is 30.8 Å². The van der Waals surface area contributed by atoms with Crippen LogP contribution in [0.5, 0.6) is 0 Å². The number of aromatic nitrogens is 1. The van der Waals surface area contributed by atoms with E-state index in [4.69, 9.17) is 0 Å². The highest BCUT2D eigenvalue weighted by Crippen LogP contribution is 2.15. The molecule has 2 rings (SSSR count). The molecule has 0 spiro atoms. The summed E-state index contributed by atoms with van der Waals surface area (Å²) in [6, 6.07) is 12.1. The number of carbonyl (C=O) groups is 1. The second-order valence-electron chi connectivity index (χ2n) is 4.77. The van der Waals surface area contributed by atoms with Gasteiger partial charge in [-0.25, -0.2) is 0 Å². The van der Waals surface area contributed by atoms with Crippen molar-refractivity contribution < 1.29 is 4.79 Å². The van der Waals surface area contributed by atoms with Crippen molar-refractivity contribution in [3.63, 3.8) is 0 Å². The lowest BCUT2D eigenvalue weighted by atomic mass is 10.1. The van der Waals surface area contributed by atoms with Gasteiger partial charge in [-0.2, -0.15) is 0 Å². The summed E-state index contributed by atoms with van der Waals surface area (Å²) in [5.41, 5.74) is 1.97. The Labute approximate surface area is 128 Å². The molecule has 0 bridgehead atoms. The van der Waals surface area contributed by atoms with E-state index in [9.17, 15) is 4.79 Å². The minimum Gasteiger partial charge on any atom is -0.345 e. The summed E-state index contributed by atoms with van der Waals surface area (Å²) in [4.78, 5) is 14.4. The second-order valence-corrected chi connectivity index (χ2v) is 5.69. The Kier molecular flexibility index (Phi) is 5.01. The number of hydrogen-bond acceptors (Lipinski definition) is 1. The Hall–Kier alpha value is -1.55. The number of hydrogen-bond donors (Lipinski definition) is 0. The molecule has 20 heavy (non-hydrogen) atoms. The third-order valence-electron chi connectivity index (χ3n) is 3.37. The Balaban J connectivity index is 2.05. The van der Waals surface area contributed by atoms with Crippen molar-refractivity contribution in [1.82, 2.24) is 9.47 Å². The number of nitrogens with zero attached hydrogens (tertiary/aromatic N) is 2. The largest absolute Gasteiger partial charge is 0.345 e. The summed E-state index contributed by atoms with van der Waals surface area (Å²) in [6.07, 6.45) is 2.78. The molecule has 0 aliphatic rings. The van der Waals surface area contributed by atoms with E-state index in [2.05, 4.69) is 28.1 Å². The third kappa shape index (κ3) is 3.51. The van der Waals surface area contributed by atoms with Crippen molar-refractivity contribution in [1.29, 1.82) is 0 Å². The van der Waals surface area contributed by atoms with E-state index in [-0.39, 0.29) is 5.91 Å². The van der Waals surface area contributed by atoms with Crippen LogP contribution in [0.4, 0.5) is 0 Å². The molecule has 2 aromatic rings. The van der Waals surface area contributed by atoms with Crippen LogP contribution >= 0.6 is 15.9 Å². The van der Waals surface area contributed by atoms with Crippen LogP contribution in [0.1, 0.15) is 23.0 Å². The maximum absolute atomic E-state index is 12.5. The van der Waals surface area contributed by atoms with E-state index in [0.29, 0.717) is 12.2 Å². The Morgan fingerprint density at radius 1 is 1.30 bits per heavy atom. The van der Waals surface area contributed by atoms with E-state index in [1.807, 2.05) is 53.9 Å². The van der Waals surface area contributed by atoms with Gasteiger partial charge in [0.25, 0.3) is 5.91 Å². The molecule has 106 valence electrons. The quantitative estimate of drug-likeness (QED) is 0.821. The van der Waals surface area contributed by atoms with Crippen molar-refractivity contribution in [2.45, 2.75) is 13.3 Å². The molecule has 0 aliphatic carbocycles. The monoisotopic (exact) mass is 334 g/mol. The highest BCUT2D eigenvalue weighted by atomic mass is 79.9. The van der Waals surface area contributed by atoms with E-state index >= 15 is 0 Å². The lowest BCUT2D eigenvalue weighted by Crippen LogP contribution is -2.33. The van der Waals surface area contributed by atoms with Crippen molar-refractivity contribution in [2.75, 3.05) is 13.1 Å². The molecule has 1 aromatic heterocycles. The van der Waals surface area contributed by atoms with Crippen LogP contribution in [0, 0.1) is 0 Å². The first-order chi connectivity index (χ1) is 9.61. The van der Waals surface area contributed by atoms with E-state index in [0.717, 1.165) is 17.4 Å². The number of aryl methyl sites for hydroxylation is 1. The highest BCUT2D eigenvalue weighted by molar-refractivity contribution is 9.10. The zero-order chi connectivity index (χ0) is 14.5. The molecule has 0 saturated carbocycles. The van der Waals surface area contributed by atoms with Crippen LogP contribution in [0.3, 0.4) is 0 Å². The fraction of sp³-hybridized carbons (Fsp3) is 0.312. The third-order valence-corrected chi connectivity index (χ3v) is 3.81. The lowest BCUT2D eigenvalue weighted by molar-refractivity contribution is 0.0756. The van der Waals surface area contributed by atoms with Gasteiger partial charge in [0.1, 0.15) is 5.69 Å². The molecule has 1 amide bonds. The van der Waals surface area contributed by atoms with Gasteiger partial charge in [-0.15, -0.1) is 0 Å². The molecule has 0 saturated heterocycles. The van der Waals surface area contributed by atoms with Crippen molar-refractivity contribution in [3.05, 3.63) is 58.3 Å². The van der Waals surface area contributed by atoms with Crippen LogP contribution in [0.2, 0.25) is 0 Å². The standard InChI is InChI=1S/C16H19BrN2O/c1-3-19(10-9-13-7-5-4-6-8-13)16(20)15-11-14(17)12-18(15)2/h4-8,11-12H,3,9-10H2,1-2H3. The molecule has 0 atom stereocenters. The maximum atomic E-state index is 12.5. The number of likely N-dealkylation sites (N-methyl/N-ethyl adjacent to an activating group) is 1. The van der Waals surface area contributed by atoms with Gasteiger partial charge in [0.05, 0.1) is 0 Å². The van der Waals surface area contributed by atoms with Gasteiger partial charge < -0.3 is 9.47 Å². The smallest absolute Gasteiger partial charge is 0.270 e. The van der Waals surface area contributed by atoms with Crippen LogP contribution in [-0.4, -0.2) is 28.5 Å². The molecule has 3 nitrogen and oxygen atoms in total. The molecular weight excluding hydrogens is 316 g/mol. The number of carbonyl (C=O) groups excluding carboxylic acids is 1.